The van der Waals surface area contributed by atoms with Gasteiger partial charge >= 0.3 is 5.63 Å². The largest absolute Gasteiger partial charge is 0.497 e. The zero-order valence-corrected chi connectivity index (χ0v) is 10.4. The Bertz CT molecular complexity index is 773. The maximum Gasteiger partial charge on any atom is 0.336 e. The molecule has 0 fully saturated rings. The van der Waals surface area contributed by atoms with E-state index in [9.17, 15) is 4.79 Å². The Morgan fingerprint density at radius 3 is 2.53 bits per heavy atom. The quantitative estimate of drug-likeness (QED) is 0.655. The maximum absolute atomic E-state index is 11.7. The van der Waals surface area contributed by atoms with Crippen LogP contribution in [-0.4, -0.2) is 7.11 Å². The lowest BCUT2D eigenvalue weighted by Crippen LogP contribution is -1.98. The number of hydrogen-bond donors (Lipinski definition) is 0. The molecule has 0 N–H and O–H groups in total. The molecule has 0 aliphatic rings. The Labute approximate surface area is 110 Å². The van der Waals surface area contributed by atoms with E-state index in [1.807, 2.05) is 42.5 Å². The monoisotopic (exact) mass is 251 g/mol. The summed E-state index contributed by atoms with van der Waals surface area (Å²) in [5.74, 6) is 0.667. The smallest absolute Gasteiger partial charge is 0.336 e. The molecule has 3 rings (SSSR count). The minimum absolute atomic E-state index is 0.361. The van der Waals surface area contributed by atoms with Crippen molar-refractivity contribution in [3.05, 3.63) is 65.0 Å². The average Bonchev–Trinajstić information content (AvgIpc) is 2.46. The van der Waals surface area contributed by atoms with Gasteiger partial charge in [-0.15, -0.1) is 0 Å². The first-order valence-corrected chi connectivity index (χ1v) is 5.95. The molecule has 1 aromatic heterocycles. The van der Waals surface area contributed by atoms with E-state index in [0.717, 1.165) is 16.5 Å². The van der Waals surface area contributed by atoms with E-state index in [-0.39, 0.29) is 5.63 Å². The molecule has 0 saturated carbocycles. The van der Waals surface area contributed by atoms with Crippen LogP contribution in [0, 0.1) is 0 Å². The van der Waals surface area contributed by atoms with Gasteiger partial charge in [0.1, 0.15) is 11.3 Å². The molecule has 0 unspecified atom stereocenters. The van der Waals surface area contributed by atoms with Gasteiger partial charge in [-0.3, -0.25) is 0 Å². The van der Waals surface area contributed by atoms with Gasteiger partial charge in [0.25, 0.3) is 0 Å². The second-order valence-electron chi connectivity index (χ2n) is 4.21. The molecule has 0 bridgehead atoms. The van der Waals surface area contributed by atoms with E-state index in [1.165, 1.54) is 6.07 Å². The number of fused-ring (bicyclic) bond motifs is 1. The molecule has 0 spiro atoms. The molecule has 3 aromatic rings. The van der Waals surface area contributed by atoms with Crippen molar-refractivity contribution < 1.29 is 9.15 Å². The Balaban J connectivity index is 2.33. The summed E-state index contributed by atoms with van der Waals surface area (Å²) in [6.07, 6.45) is 0. The van der Waals surface area contributed by atoms with Crippen LogP contribution in [-0.2, 0) is 0 Å². The van der Waals surface area contributed by atoms with Gasteiger partial charge in [-0.05, 0) is 23.3 Å². The van der Waals surface area contributed by atoms with Crippen LogP contribution in [0.5, 0.6) is 5.75 Å². The molecule has 2 aromatic carbocycles. The highest BCUT2D eigenvalue weighted by Crippen LogP contribution is 2.29. The van der Waals surface area contributed by atoms with E-state index < -0.39 is 0 Å². The lowest BCUT2D eigenvalue weighted by Gasteiger charge is -2.06. The molecule has 3 nitrogen and oxygen atoms in total. The Morgan fingerprint density at radius 1 is 1.00 bits per heavy atom. The summed E-state index contributed by atoms with van der Waals surface area (Å²) >= 11 is 0. The minimum atomic E-state index is -0.361. The summed E-state index contributed by atoms with van der Waals surface area (Å²) in [5, 5.41) is 0.895. The SMILES string of the molecule is [11CH3]Oc1ccc2c(-c3ccccc3)cc(=O)oc2c1. The Kier molecular flexibility index (Phi) is 2.80. The number of ether oxygens (including phenoxy) is 1. The van der Waals surface area contributed by atoms with Crippen LogP contribution in [0.3, 0.4) is 0 Å². The van der Waals surface area contributed by atoms with Crippen LogP contribution in [0.4, 0.5) is 0 Å². The van der Waals surface area contributed by atoms with E-state index >= 15 is 0 Å². The van der Waals surface area contributed by atoms with Crippen LogP contribution in [0.1, 0.15) is 0 Å². The van der Waals surface area contributed by atoms with Crippen LogP contribution >= 0.6 is 0 Å². The second kappa shape index (κ2) is 4.61. The summed E-state index contributed by atoms with van der Waals surface area (Å²) in [6.45, 7) is 0. The van der Waals surface area contributed by atoms with Gasteiger partial charge in [0.2, 0.25) is 0 Å². The summed E-state index contributed by atoms with van der Waals surface area (Å²) in [6, 6.07) is 16.8. The molecule has 0 amide bonds. The zero-order chi connectivity index (χ0) is 13.2. The van der Waals surface area contributed by atoms with E-state index in [1.54, 1.807) is 13.2 Å². The van der Waals surface area contributed by atoms with Gasteiger partial charge in [-0.2, -0.15) is 0 Å². The lowest BCUT2D eigenvalue weighted by atomic mass is 10.0. The molecule has 3 heteroatoms. The predicted octanol–water partition coefficient (Wildman–Crippen LogP) is 3.47. The molecule has 0 aliphatic heterocycles. The van der Waals surface area contributed by atoms with Gasteiger partial charge in [-0.25, -0.2) is 4.79 Å². The fraction of sp³-hybridized carbons (Fsp3) is 0.0625. The molecule has 0 aliphatic carbocycles. The Hall–Kier alpha value is -2.55. The molecule has 0 radical (unpaired) electrons. The fourth-order valence-electron chi connectivity index (χ4n) is 2.13. The van der Waals surface area contributed by atoms with E-state index in [4.69, 9.17) is 9.15 Å². The molecule has 19 heavy (non-hydrogen) atoms. The van der Waals surface area contributed by atoms with Crippen LogP contribution in [0.15, 0.2) is 63.8 Å². The van der Waals surface area contributed by atoms with Gasteiger partial charge in [0, 0.05) is 17.5 Å². The summed E-state index contributed by atoms with van der Waals surface area (Å²) in [5.41, 5.74) is 2.03. The number of rotatable bonds is 2. The van der Waals surface area contributed by atoms with Crippen molar-refractivity contribution >= 4 is 11.0 Å². The molecular weight excluding hydrogens is 239 g/mol. The number of hydrogen-bond acceptors (Lipinski definition) is 3. The molecule has 0 saturated heterocycles. The molecule has 1 heterocycles. The fourth-order valence-corrected chi connectivity index (χ4v) is 2.13. The van der Waals surface area contributed by atoms with Gasteiger partial charge in [-0.1, -0.05) is 30.3 Å². The Morgan fingerprint density at radius 2 is 1.79 bits per heavy atom. The van der Waals surface area contributed by atoms with Crippen LogP contribution < -0.4 is 10.4 Å². The van der Waals surface area contributed by atoms with E-state index in [2.05, 4.69) is 0 Å². The van der Waals surface area contributed by atoms with Crippen LogP contribution in [0.25, 0.3) is 22.1 Å². The van der Waals surface area contributed by atoms with Crippen molar-refractivity contribution in [2.45, 2.75) is 0 Å². The lowest BCUT2D eigenvalue weighted by molar-refractivity contribution is 0.414. The van der Waals surface area contributed by atoms with Gasteiger partial charge in [0.15, 0.2) is 0 Å². The second-order valence-corrected chi connectivity index (χ2v) is 4.21. The average molecular weight is 251 g/mol. The first kappa shape index (κ1) is 11.5. The third-order valence-electron chi connectivity index (χ3n) is 3.04. The van der Waals surface area contributed by atoms with Crippen molar-refractivity contribution in [3.63, 3.8) is 0 Å². The van der Waals surface area contributed by atoms with Crippen molar-refractivity contribution in [1.29, 1.82) is 0 Å². The highest BCUT2D eigenvalue weighted by Gasteiger charge is 2.08. The predicted molar refractivity (Wildman–Crippen MR) is 74.5 cm³/mol. The standard InChI is InChI=1S/C16H12O3/c1-18-12-7-8-13-14(11-5-3-2-4-6-11)10-16(17)19-15(13)9-12/h2-10H,1H3/i1-1. The molecule has 94 valence electrons. The van der Waals surface area contributed by atoms with Crippen LogP contribution in [0.2, 0.25) is 0 Å². The highest BCUT2D eigenvalue weighted by molar-refractivity contribution is 5.93. The van der Waals surface area contributed by atoms with Crippen molar-refractivity contribution in [3.8, 4) is 16.9 Å². The first-order valence-electron chi connectivity index (χ1n) is 5.95. The third-order valence-corrected chi connectivity index (χ3v) is 3.04. The minimum Gasteiger partial charge on any atom is -0.497 e. The third kappa shape index (κ3) is 2.10. The summed E-state index contributed by atoms with van der Waals surface area (Å²) < 4.78 is 10.4. The normalized spacial score (nSPS) is 10.6. The van der Waals surface area contributed by atoms with Crippen molar-refractivity contribution in [1.82, 2.24) is 0 Å². The van der Waals surface area contributed by atoms with Crippen molar-refractivity contribution in [2.24, 2.45) is 0 Å². The maximum atomic E-state index is 11.7. The number of benzene rings is 2. The van der Waals surface area contributed by atoms with E-state index in [0.29, 0.717) is 11.3 Å². The first-order chi connectivity index (χ1) is 9.28. The van der Waals surface area contributed by atoms with Gasteiger partial charge < -0.3 is 9.15 Å². The summed E-state index contributed by atoms with van der Waals surface area (Å²) in [4.78, 5) is 11.7. The zero-order valence-electron chi connectivity index (χ0n) is 10.4. The number of methoxy groups -OCH3 is 1. The topological polar surface area (TPSA) is 39.4 Å². The molecular formula is C16H12O3. The van der Waals surface area contributed by atoms with Gasteiger partial charge in [0.05, 0.1) is 7.11 Å². The molecule has 0 atom stereocenters. The summed E-state index contributed by atoms with van der Waals surface area (Å²) in [7, 11) is 1.58. The van der Waals surface area contributed by atoms with Crippen molar-refractivity contribution in [2.75, 3.05) is 7.11 Å². The highest BCUT2D eigenvalue weighted by atomic mass is 16.4.